The third-order valence-electron chi connectivity index (χ3n) is 7.00. The Morgan fingerprint density at radius 2 is 1.79 bits per heavy atom. The van der Waals surface area contributed by atoms with Crippen molar-refractivity contribution in [3.05, 3.63) is 76.3 Å². The molecule has 2 amide bonds. The molecule has 3 aromatic carbocycles. The topological polar surface area (TPSA) is 97.4 Å². The summed E-state index contributed by atoms with van der Waals surface area (Å²) in [5, 5.41) is 3.24. The number of anilines is 2. The summed E-state index contributed by atoms with van der Waals surface area (Å²) in [6.45, 7) is 6.43. The number of para-hydroxylation sites is 2. The lowest BCUT2D eigenvalue weighted by Gasteiger charge is -2.28. The van der Waals surface area contributed by atoms with Crippen molar-refractivity contribution in [3.63, 3.8) is 0 Å². The van der Waals surface area contributed by atoms with Gasteiger partial charge in [-0.25, -0.2) is 4.79 Å². The molecule has 1 atom stereocenters. The molecule has 0 radical (unpaired) electrons. The van der Waals surface area contributed by atoms with Gasteiger partial charge in [-0.1, -0.05) is 41.4 Å². The Balaban J connectivity index is 1.70. The molecule has 9 nitrogen and oxygen atoms in total. The summed E-state index contributed by atoms with van der Waals surface area (Å²) in [5.74, 6) is 0.621. The number of benzene rings is 3. The smallest absolute Gasteiger partial charge is 0.339 e. The van der Waals surface area contributed by atoms with E-state index in [1.54, 1.807) is 35.2 Å². The molecule has 0 aromatic heterocycles. The molecule has 1 saturated heterocycles. The van der Waals surface area contributed by atoms with Gasteiger partial charge in [-0.3, -0.25) is 0 Å². The molecule has 1 fully saturated rings. The van der Waals surface area contributed by atoms with E-state index in [1.165, 1.54) is 25.3 Å². The van der Waals surface area contributed by atoms with Gasteiger partial charge < -0.3 is 28.8 Å². The molecule has 4 rings (SSSR count). The number of nitrogens with zero attached hydrogens (tertiary/aromatic N) is 2. The second-order valence-corrected chi connectivity index (χ2v) is 12.1. The Hall–Kier alpha value is -3.18. The van der Waals surface area contributed by atoms with Gasteiger partial charge in [0, 0.05) is 43.6 Å². The molecule has 1 N–H and O–H groups in total. The van der Waals surface area contributed by atoms with Crippen molar-refractivity contribution in [1.29, 1.82) is 0 Å². The van der Waals surface area contributed by atoms with E-state index in [4.69, 9.17) is 36.9 Å². The van der Waals surface area contributed by atoms with Gasteiger partial charge in [0.1, 0.15) is 16.4 Å². The minimum absolute atomic E-state index is 0.0611. The summed E-state index contributed by atoms with van der Waals surface area (Å²) in [5.41, 5.74) is 1.80. The molecule has 226 valence electrons. The number of carbonyl (C=O) groups excluding carboxylic acids is 1. The average molecular weight is 637 g/mol. The summed E-state index contributed by atoms with van der Waals surface area (Å²) >= 11 is 12.1. The Kier molecular flexibility index (Phi) is 10.8. The van der Waals surface area contributed by atoms with Crippen LogP contribution in [0.5, 0.6) is 11.5 Å². The second-order valence-electron chi connectivity index (χ2n) is 9.72. The summed E-state index contributed by atoms with van der Waals surface area (Å²) in [7, 11) is -2.76. The van der Waals surface area contributed by atoms with E-state index >= 15 is 0 Å². The second kappa shape index (κ2) is 14.3. The van der Waals surface area contributed by atoms with Crippen LogP contribution in [0.15, 0.2) is 65.6 Å². The molecular formula is C30H35Cl2N3O6S. The highest BCUT2D eigenvalue weighted by Crippen LogP contribution is 2.32. The number of amides is 2. The van der Waals surface area contributed by atoms with Crippen molar-refractivity contribution >= 4 is 50.7 Å². The normalized spacial score (nSPS) is 14.8. The van der Waals surface area contributed by atoms with Crippen molar-refractivity contribution in [2.45, 2.75) is 44.2 Å². The Morgan fingerprint density at radius 3 is 2.45 bits per heavy atom. The third kappa shape index (κ3) is 7.80. The van der Waals surface area contributed by atoms with E-state index in [2.05, 4.69) is 10.2 Å². The Morgan fingerprint density at radius 1 is 1.02 bits per heavy atom. The summed E-state index contributed by atoms with van der Waals surface area (Å²) in [6, 6.07) is 16.1. The molecule has 1 aliphatic heterocycles. The first kappa shape index (κ1) is 31.7. The number of hydrogen-bond donors (Lipinski definition) is 1. The molecule has 0 saturated carbocycles. The van der Waals surface area contributed by atoms with Crippen molar-refractivity contribution < 1.29 is 26.9 Å². The van der Waals surface area contributed by atoms with Gasteiger partial charge in [-0.05, 0) is 63.1 Å². The fourth-order valence-corrected chi connectivity index (χ4v) is 6.08. The number of nitrogens with one attached hydrogen (secondary N) is 1. The van der Waals surface area contributed by atoms with Crippen LogP contribution in [0.3, 0.4) is 0 Å². The van der Waals surface area contributed by atoms with E-state index in [0.717, 1.165) is 18.5 Å². The number of urea groups is 1. The van der Waals surface area contributed by atoms with Crippen LogP contribution in [-0.4, -0.2) is 58.8 Å². The van der Waals surface area contributed by atoms with Crippen LogP contribution in [0.1, 0.15) is 32.3 Å². The van der Waals surface area contributed by atoms with Gasteiger partial charge in [0.2, 0.25) is 0 Å². The van der Waals surface area contributed by atoms with Crippen molar-refractivity contribution in [2.75, 3.05) is 43.6 Å². The maximum absolute atomic E-state index is 13.6. The zero-order chi connectivity index (χ0) is 30.3. The van der Waals surface area contributed by atoms with E-state index in [0.29, 0.717) is 43.2 Å². The van der Waals surface area contributed by atoms with Gasteiger partial charge in [0.05, 0.1) is 35.5 Å². The molecule has 1 heterocycles. The van der Waals surface area contributed by atoms with Crippen LogP contribution in [0.2, 0.25) is 10.0 Å². The maximum Gasteiger partial charge on any atom is 0.339 e. The quantitative estimate of drug-likeness (QED) is 0.218. The van der Waals surface area contributed by atoms with E-state index in [-0.39, 0.29) is 39.4 Å². The van der Waals surface area contributed by atoms with Crippen molar-refractivity contribution in [1.82, 2.24) is 4.90 Å². The Bertz CT molecular complexity index is 1490. The van der Waals surface area contributed by atoms with E-state index in [1.807, 2.05) is 26.0 Å². The van der Waals surface area contributed by atoms with E-state index < -0.39 is 10.1 Å². The number of halogens is 2. The molecule has 12 heteroatoms. The van der Waals surface area contributed by atoms with Gasteiger partial charge >= 0.3 is 16.1 Å². The van der Waals surface area contributed by atoms with Crippen LogP contribution < -0.4 is 19.1 Å². The summed E-state index contributed by atoms with van der Waals surface area (Å²) in [6.07, 6.45) is 1.57. The van der Waals surface area contributed by atoms with E-state index in [9.17, 15) is 13.2 Å². The average Bonchev–Trinajstić information content (AvgIpc) is 3.49. The number of hydrogen-bond acceptors (Lipinski definition) is 7. The minimum Gasteiger partial charge on any atom is -0.495 e. The first-order valence-corrected chi connectivity index (χ1v) is 15.9. The van der Waals surface area contributed by atoms with Gasteiger partial charge in [-0.15, -0.1) is 0 Å². The van der Waals surface area contributed by atoms with Crippen molar-refractivity contribution in [3.8, 4) is 11.5 Å². The largest absolute Gasteiger partial charge is 0.495 e. The fourth-order valence-electron chi connectivity index (χ4n) is 4.74. The Labute approximate surface area is 257 Å². The molecule has 42 heavy (non-hydrogen) atoms. The predicted octanol–water partition coefficient (Wildman–Crippen LogP) is 6.83. The van der Waals surface area contributed by atoms with Gasteiger partial charge in [0.15, 0.2) is 0 Å². The highest BCUT2D eigenvalue weighted by Gasteiger charge is 2.27. The zero-order valence-electron chi connectivity index (χ0n) is 23.8. The number of rotatable bonds is 12. The summed E-state index contributed by atoms with van der Waals surface area (Å²) < 4.78 is 43.7. The molecule has 1 unspecified atom stereocenters. The molecule has 1 aliphatic rings. The lowest BCUT2D eigenvalue weighted by atomic mass is 10.1. The zero-order valence-corrected chi connectivity index (χ0v) is 26.1. The lowest BCUT2D eigenvalue weighted by molar-refractivity contribution is 0.0818. The molecule has 0 spiro atoms. The summed E-state index contributed by atoms with van der Waals surface area (Å²) in [4.78, 5) is 17.2. The third-order valence-corrected chi connectivity index (χ3v) is 8.97. The molecule has 0 aliphatic carbocycles. The highest BCUT2D eigenvalue weighted by molar-refractivity contribution is 7.87. The van der Waals surface area contributed by atoms with Crippen molar-refractivity contribution in [2.24, 2.45) is 0 Å². The SMILES string of the molecule is CCN(CC)c1ccc(CN(CC2CCCO2)C(=O)Nc2ccccc2OC)c(OS(=O)(=O)c2ccc(Cl)c(Cl)c2)c1. The molecule has 3 aromatic rings. The molecular weight excluding hydrogens is 601 g/mol. The minimum atomic E-state index is -4.29. The first-order chi connectivity index (χ1) is 20.1. The van der Waals surface area contributed by atoms with Gasteiger partial charge in [-0.2, -0.15) is 8.42 Å². The monoisotopic (exact) mass is 635 g/mol. The standard InChI is InChI=1S/C30H35Cl2N3O6S/c1-4-34(5-2)22-13-12-21(29(17-22)41-42(37,38)24-14-15-25(31)26(32)18-24)19-35(20-23-9-8-16-40-23)30(36)33-27-10-6-7-11-28(27)39-3/h6-7,10-15,17-18,23H,4-5,8-9,16,19-20H2,1-3H3,(H,33,36). The lowest BCUT2D eigenvalue weighted by Crippen LogP contribution is -2.39. The molecule has 0 bridgehead atoms. The number of ether oxygens (including phenoxy) is 2. The number of methoxy groups -OCH3 is 1. The van der Waals surface area contributed by atoms with Crippen LogP contribution in [0, 0.1) is 0 Å². The maximum atomic E-state index is 13.6. The first-order valence-electron chi connectivity index (χ1n) is 13.7. The predicted molar refractivity (Wildman–Crippen MR) is 166 cm³/mol. The fraction of sp³-hybridized carbons (Fsp3) is 0.367. The van der Waals surface area contributed by atoms with Crippen LogP contribution in [-0.2, 0) is 21.4 Å². The van der Waals surface area contributed by atoms with Gasteiger partial charge in [0.25, 0.3) is 0 Å². The number of carbonyl (C=O) groups is 1. The van der Waals surface area contributed by atoms with Crippen LogP contribution >= 0.6 is 23.2 Å². The van der Waals surface area contributed by atoms with Crippen LogP contribution in [0.4, 0.5) is 16.2 Å². The highest BCUT2D eigenvalue weighted by atomic mass is 35.5. The van der Waals surface area contributed by atoms with Crippen LogP contribution in [0.25, 0.3) is 0 Å².